The molecule has 5 nitrogen and oxygen atoms in total. The molecule has 2 aromatic carbocycles. The van der Waals surface area contributed by atoms with Crippen molar-refractivity contribution in [2.24, 2.45) is 0 Å². The molecule has 0 unspecified atom stereocenters. The Hall–Kier alpha value is -3.08. The Morgan fingerprint density at radius 3 is 2.36 bits per heavy atom. The second kappa shape index (κ2) is 6.43. The molecule has 0 aliphatic rings. The van der Waals surface area contributed by atoms with Gasteiger partial charge in [0.05, 0.1) is 11.0 Å². The van der Waals surface area contributed by atoms with E-state index in [0.29, 0.717) is 16.7 Å². The molecule has 0 bridgehead atoms. The van der Waals surface area contributed by atoms with Gasteiger partial charge in [0.2, 0.25) is 5.91 Å². The van der Waals surface area contributed by atoms with Gasteiger partial charge in [-0.25, -0.2) is 4.79 Å². The van der Waals surface area contributed by atoms with E-state index in [0.717, 1.165) is 5.56 Å². The molecule has 0 spiro atoms. The van der Waals surface area contributed by atoms with Crippen LogP contribution in [0.5, 0.6) is 0 Å². The third-order valence-electron chi connectivity index (χ3n) is 3.99. The molecule has 0 fully saturated rings. The van der Waals surface area contributed by atoms with E-state index in [1.807, 2.05) is 12.1 Å². The molecule has 0 aliphatic carbocycles. The number of fused-ring (bicyclic) bond motifs is 1. The van der Waals surface area contributed by atoms with E-state index >= 15 is 0 Å². The topological polar surface area (TPSA) is 77.8 Å². The minimum Gasteiger partial charge on any atom is -0.322 e. The van der Waals surface area contributed by atoms with Crippen LogP contribution in [0.1, 0.15) is 31.9 Å². The van der Waals surface area contributed by atoms with Crippen LogP contribution in [0.4, 0.5) is 5.69 Å². The molecule has 0 saturated heterocycles. The molecule has 0 aliphatic heterocycles. The summed E-state index contributed by atoms with van der Waals surface area (Å²) in [5.41, 5.74) is 4.05. The van der Waals surface area contributed by atoms with Crippen LogP contribution in [0.2, 0.25) is 0 Å². The summed E-state index contributed by atoms with van der Waals surface area (Å²) in [7, 11) is 0. The van der Waals surface area contributed by atoms with Gasteiger partial charge in [-0.05, 0) is 40.8 Å². The second-order valence-corrected chi connectivity index (χ2v) is 7.03. The minimum atomic E-state index is -0.267. The van der Waals surface area contributed by atoms with E-state index in [1.165, 1.54) is 11.6 Å². The molecule has 3 aromatic rings. The number of H-pyrrole nitrogens is 2. The van der Waals surface area contributed by atoms with Crippen LogP contribution in [-0.4, -0.2) is 15.9 Å². The Labute approximate surface area is 145 Å². The molecule has 1 amide bonds. The van der Waals surface area contributed by atoms with Crippen molar-refractivity contribution in [3.05, 3.63) is 70.2 Å². The number of carbonyl (C=O) groups excluding carboxylic acids is 1. The fraction of sp³-hybridized carbons (Fsp3) is 0.200. The Balaban J connectivity index is 1.68. The lowest BCUT2D eigenvalue weighted by atomic mass is 9.87. The number of benzene rings is 2. The standard InChI is InChI=1S/C20H21N3O2/c1-20(2,3)14-7-4-13(5-8-14)6-11-18(24)21-15-9-10-16-17(12-15)23-19(25)22-16/h4-12H,1-3H3,(H,21,24)(H2,22,23,25). The van der Waals surface area contributed by atoms with Gasteiger partial charge in [0.15, 0.2) is 0 Å². The van der Waals surface area contributed by atoms with Crippen molar-refractivity contribution in [3.8, 4) is 0 Å². The molecule has 3 N–H and O–H groups in total. The second-order valence-electron chi connectivity index (χ2n) is 7.03. The minimum absolute atomic E-state index is 0.109. The molecule has 0 radical (unpaired) electrons. The number of hydrogen-bond acceptors (Lipinski definition) is 2. The van der Waals surface area contributed by atoms with Gasteiger partial charge in [-0.1, -0.05) is 45.0 Å². The summed E-state index contributed by atoms with van der Waals surface area (Å²) in [6.45, 7) is 6.50. The highest BCUT2D eigenvalue weighted by Gasteiger charge is 2.12. The zero-order valence-corrected chi connectivity index (χ0v) is 14.5. The molecular weight excluding hydrogens is 314 g/mol. The number of nitrogens with one attached hydrogen (secondary N) is 3. The first kappa shape index (κ1) is 16.8. The fourth-order valence-electron chi connectivity index (χ4n) is 2.56. The number of anilines is 1. The van der Waals surface area contributed by atoms with Crippen molar-refractivity contribution >= 4 is 28.7 Å². The number of rotatable bonds is 3. The Morgan fingerprint density at radius 2 is 1.68 bits per heavy atom. The lowest BCUT2D eigenvalue weighted by Gasteiger charge is -2.18. The van der Waals surface area contributed by atoms with E-state index in [2.05, 4.69) is 48.2 Å². The highest BCUT2D eigenvalue weighted by Crippen LogP contribution is 2.22. The summed E-state index contributed by atoms with van der Waals surface area (Å²) in [6, 6.07) is 13.4. The summed E-state index contributed by atoms with van der Waals surface area (Å²) < 4.78 is 0. The maximum atomic E-state index is 12.1. The Kier molecular flexibility index (Phi) is 4.31. The molecule has 5 heteroatoms. The molecule has 1 heterocycles. The van der Waals surface area contributed by atoms with Gasteiger partial charge in [0.1, 0.15) is 0 Å². The molecule has 128 valence electrons. The molecule has 0 saturated carbocycles. The number of aromatic nitrogens is 2. The predicted octanol–water partition coefficient (Wildman–Crippen LogP) is 3.81. The lowest BCUT2D eigenvalue weighted by molar-refractivity contribution is -0.111. The first-order chi connectivity index (χ1) is 11.8. The summed E-state index contributed by atoms with van der Waals surface area (Å²) in [5, 5.41) is 2.79. The van der Waals surface area contributed by atoms with Crippen LogP contribution in [0, 0.1) is 0 Å². The third kappa shape index (κ3) is 4.07. The highest BCUT2D eigenvalue weighted by molar-refractivity contribution is 6.02. The quantitative estimate of drug-likeness (QED) is 0.637. The van der Waals surface area contributed by atoms with Gasteiger partial charge < -0.3 is 15.3 Å². The van der Waals surface area contributed by atoms with E-state index in [9.17, 15) is 9.59 Å². The van der Waals surface area contributed by atoms with Crippen LogP contribution in [0.3, 0.4) is 0 Å². The van der Waals surface area contributed by atoms with Crippen molar-refractivity contribution in [1.29, 1.82) is 0 Å². The van der Waals surface area contributed by atoms with Gasteiger partial charge in [0.25, 0.3) is 0 Å². The first-order valence-corrected chi connectivity index (χ1v) is 8.13. The van der Waals surface area contributed by atoms with Crippen LogP contribution in [0.25, 0.3) is 17.1 Å². The van der Waals surface area contributed by atoms with E-state index in [-0.39, 0.29) is 17.0 Å². The number of aromatic amines is 2. The smallest absolute Gasteiger partial charge is 0.322 e. The monoisotopic (exact) mass is 335 g/mol. The Bertz CT molecular complexity index is 986. The zero-order valence-electron chi connectivity index (χ0n) is 14.5. The highest BCUT2D eigenvalue weighted by atomic mass is 16.1. The normalized spacial score (nSPS) is 12.0. The van der Waals surface area contributed by atoms with E-state index in [1.54, 1.807) is 24.3 Å². The van der Waals surface area contributed by atoms with Gasteiger partial charge in [0, 0.05) is 11.8 Å². The SMILES string of the molecule is CC(C)(C)c1ccc(C=CC(=O)Nc2ccc3[nH]c(=O)[nH]c3c2)cc1. The molecule has 1 aromatic heterocycles. The molecule has 25 heavy (non-hydrogen) atoms. The average molecular weight is 335 g/mol. The van der Waals surface area contributed by atoms with Crippen LogP contribution in [-0.2, 0) is 10.2 Å². The van der Waals surface area contributed by atoms with Crippen molar-refractivity contribution in [1.82, 2.24) is 9.97 Å². The number of imidazole rings is 1. The van der Waals surface area contributed by atoms with Gasteiger partial charge >= 0.3 is 5.69 Å². The maximum absolute atomic E-state index is 12.1. The van der Waals surface area contributed by atoms with Crippen LogP contribution < -0.4 is 11.0 Å². The van der Waals surface area contributed by atoms with E-state index < -0.39 is 0 Å². The van der Waals surface area contributed by atoms with Crippen LogP contribution >= 0.6 is 0 Å². The van der Waals surface area contributed by atoms with Gasteiger partial charge in [-0.3, -0.25) is 4.79 Å². The summed E-state index contributed by atoms with van der Waals surface area (Å²) >= 11 is 0. The summed E-state index contributed by atoms with van der Waals surface area (Å²) in [5.74, 6) is -0.225. The fourth-order valence-corrected chi connectivity index (χ4v) is 2.56. The van der Waals surface area contributed by atoms with E-state index in [4.69, 9.17) is 0 Å². The molecular formula is C20H21N3O2. The molecule has 3 rings (SSSR count). The van der Waals surface area contributed by atoms with Gasteiger partial charge in [-0.2, -0.15) is 0 Å². The average Bonchev–Trinajstić information content (AvgIpc) is 2.92. The summed E-state index contributed by atoms with van der Waals surface area (Å²) in [4.78, 5) is 28.7. The van der Waals surface area contributed by atoms with Crippen molar-refractivity contribution < 1.29 is 4.79 Å². The zero-order chi connectivity index (χ0) is 18.0. The first-order valence-electron chi connectivity index (χ1n) is 8.13. The van der Waals surface area contributed by atoms with Crippen molar-refractivity contribution in [2.45, 2.75) is 26.2 Å². The number of carbonyl (C=O) groups is 1. The van der Waals surface area contributed by atoms with Crippen molar-refractivity contribution in [2.75, 3.05) is 5.32 Å². The maximum Gasteiger partial charge on any atom is 0.323 e. The largest absolute Gasteiger partial charge is 0.323 e. The third-order valence-corrected chi connectivity index (χ3v) is 3.99. The van der Waals surface area contributed by atoms with Crippen molar-refractivity contribution in [3.63, 3.8) is 0 Å². The number of hydrogen-bond donors (Lipinski definition) is 3. The Morgan fingerprint density at radius 1 is 1.00 bits per heavy atom. The summed E-state index contributed by atoms with van der Waals surface area (Å²) in [6.07, 6.45) is 3.27. The molecule has 0 atom stereocenters. The predicted molar refractivity (Wildman–Crippen MR) is 102 cm³/mol. The van der Waals surface area contributed by atoms with Gasteiger partial charge in [-0.15, -0.1) is 0 Å². The number of amides is 1. The lowest BCUT2D eigenvalue weighted by Crippen LogP contribution is -2.10. The van der Waals surface area contributed by atoms with Crippen LogP contribution in [0.15, 0.2) is 53.3 Å².